The average Bonchev–Trinajstić information content (AvgIpc) is 2.49. The van der Waals surface area contributed by atoms with Gasteiger partial charge in [-0.1, -0.05) is 58.8 Å². The summed E-state index contributed by atoms with van der Waals surface area (Å²) in [5.41, 5.74) is -0.109. The largest absolute Gasteiger partial charge is 0.418 e. The predicted octanol–water partition coefficient (Wildman–Crippen LogP) is 6.73. The van der Waals surface area contributed by atoms with Crippen molar-refractivity contribution < 1.29 is 13.2 Å². The number of alkyl halides is 3. The SMILES string of the molecule is CCCCCCC(CCCCC)c1ccncc1C(F)(F)F. The van der Waals surface area contributed by atoms with Crippen LogP contribution < -0.4 is 0 Å². The third kappa shape index (κ3) is 6.37. The molecular weight excluding hydrogens is 287 g/mol. The molecule has 1 heterocycles. The second-order valence-electron chi connectivity index (χ2n) is 6.00. The Morgan fingerprint density at radius 2 is 1.55 bits per heavy atom. The molecule has 1 rings (SSSR count). The van der Waals surface area contributed by atoms with E-state index in [0.717, 1.165) is 64.0 Å². The van der Waals surface area contributed by atoms with Crippen molar-refractivity contribution in [1.82, 2.24) is 4.98 Å². The van der Waals surface area contributed by atoms with Crippen LogP contribution in [0.3, 0.4) is 0 Å². The van der Waals surface area contributed by atoms with E-state index in [-0.39, 0.29) is 5.92 Å². The highest BCUT2D eigenvalue weighted by Crippen LogP contribution is 2.38. The molecule has 0 saturated heterocycles. The molecule has 0 aliphatic carbocycles. The third-order valence-electron chi connectivity index (χ3n) is 4.16. The molecule has 22 heavy (non-hydrogen) atoms. The van der Waals surface area contributed by atoms with Crippen molar-refractivity contribution in [1.29, 1.82) is 0 Å². The lowest BCUT2D eigenvalue weighted by molar-refractivity contribution is -0.138. The molecule has 126 valence electrons. The van der Waals surface area contributed by atoms with Crippen LogP contribution in [-0.2, 0) is 6.18 Å². The van der Waals surface area contributed by atoms with E-state index in [2.05, 4.69) is 18.8 Å². The number of halogens is 3. The first-order chi connectivity index (χ1) is 10.5. The van der Waals surface area contributed by atoms with E-state index in [0.29, 0.717) is 5.56 Å². The number of aromatic nitrogens is 1. The summed E-state index contributed by atoms with van der Waals surface area (Å²) in [6, 6.07) is 1.57. The van der Waals surface area contributed by atoms with Crippen LogP contribution in [0.15, 0.2) is 18.5 Å². The molecule has 0 aliphatic rings. The summed E-state index contributed by atoms with van der Waals surface area (Å²) in [6.45, 7) is 4.26. The fourth-order valence-corrected chi connectivity index (χ4v) is 2.91. The summed E-state index contributed by atoms with van der Waals surface area (Å²) in [6.07, 6.45) is 7.42. The highest BCUT2D eigenvalue weighted by molar-refractivity contribution is 5.29. The Balaban J connectivity index is 2.84. The second-order valence-corrected chi connectivity index (χ2v) is 6.00. The van der Waals surface area contributed by atoms with Gasteiger partial charge in [0.05, 0.1) is 5.56 Å². The highest BCUT2D eigenvalue weighted by atomic mass is 19.4. The average molecular weight is 315 g/mol. The molecule has 0 spiro atoms. The Labute approximate surface area is 132 Å². The summed E-state index contributed by atoms with van der Waals surface area (Å²) in [7, 11) is 0. The van der Waals surface area contributed by atoms with Gasteiger partial charge < -0.3 is 0 Å². The molecule has 0 aromatic carbocycles. The van der Waals surface area contributed by atoms with Gasteiger partial charge in [0, 0.05) is 12.4 Å². The normalized spacial score (nSPS) is 13.3. The van der Waals surface area contributed by atoms with Gasteiger partial charge in [-0.3, -0.25) is 4.98 Å². The minimum absolute atomic E-state index is 0.00281. The van der Waals surface area contributed by atoms with Crippen LogP contribution in [0.1, 0.15) is 88.7 Å². The lowest BCUT2D eigenvalue weighted by atomic mass is 9.86. The van der Waals surface area contributed by atoms with Gasteiger partial charge in [-0.05, 0) is 30.4 Å². The maximum atomic E-state index is 13.2. The van der Waals surface area contributed by atoms with Crippen molar-refractivity contribution in [2.45, 2.75) is 83.7 Å². The van der Waals surface area contributed by atoms with Crippen molar-refractivity contribution in [3.8, 4) is 0 Å². The number of pyridine rings is 1. The number of rotatable bonds is 10. The van der Waals surface area contributed by atoms with Crippen LogP contribution in [-0.4, -0.2) is 4.98 Å². The van der Waals surface area contributed by atoms with Gasteiger partial charge in [-0.15, -0.1) is 0 Å². The van der Waals surface area contributed by atoms with Gasteiger partial charge in [-0.2, -0.15) is 13.2 Å². The Kier molecular flexibility index (Phi) is 8.51. The quantitative estimate of drug-likeness (QED) is 0.436. The summed E-state index contributed by atoms with van der Waals surface area (Å²) < 4.78 is 39.6. The van der Waals surface area contributed by atoms with E-state index in [1.807, 2.05) is 0 Å². The van der Waals surface area contributed by atoms with E-state index in [9.17, 15) is 13.2 Å². The van der Waals surface area contributed by atoms with Crippen molar-refractivity contribution >= 4 is 0 Å². The molecule has 0 fully saturated rings. The fraction of sp³-hybridized carbons (Fsp3) is 0.722. The summed E-state index contributed by atoms with van der Waals surface area (Å²) in [5, 5.41) is 0. The van der Waals surface area contributed by atoms with E-state index in [1.54, 1.807) is 6.07 Å². The van der Waals surface area contributed by atoms with E-state index < -0.39 is 11.7 Å². The summed E-state index contributed by atoms with van der Waals surface area (Å²) in [4.78, 5) is 3.68. The Bertz CT molecular complexity index is 415. The Morgan fingerprint density at radius 1 is 0.955 bits per heavy atom. The molecule has 1 aromatic heterocycles. The first-order valence-corrected chi connectivity index (χ1v) is 8.51. The summed E-state index contributed by atoms with van der Waals surface area (Å²) in [5.74, 6) is 0.00281. The molecule has 0 amide bonds. The lowest BCUT2D eigenvalue weighted by Gasteiger charge is -2.21. The monoisotopic (exact) mass is 315 g/mol. The maximum absolute atomic E-state index is 13.2. The minimum Gasteiger partial charge on any atom is -0.264 e. The van der Waals surface area contributed by atoms with Crippen LogP contribution in [0.2, 0.25) is 0 Å². The molecule has 0 bridgehead atoms. The van der Waals surface area contributed by atoms with E-state index >= 15 is 0 Å². The molecule has 4 heteroatoms. The van der Waals surface area contributed by atoms with Crippen LogP contribution in [0.25, 0.3) is 0 Å². The van der Waals surface area contributed by atoms with Crippen LogP contribution in [0.4, 0.5) is 13.2 Å². The number of hydrogen-bond acceptors (Lipinski definition) is 1. The second kappa shape index (κ2) is 9.86. The smallest absolute Gasteiger partial charge is 0.264 e. The van der Waals surface area contributed by atoms with Gasteiger partial charge in [0.15, 0.2) is 0 Å². The van der Waals surface area contributed by atoms with Crippen molar-refractivity contribution in [2.24, 2.45) is 0 Å². The number of nitrogens with zero attached hydrogens (tertiary/aromatic N) is 1. The van der Waals surface area contributed by atoms with E-state index in [1.165, 1.54) is 6.20 Å². The molecule has 0 N–H and O–H groups in total. The van der Waals surface area contributed by atoms with Crippen molar-refractivity contribution in [2.75, 3.05) is 0 Å². The molecule has 0 aliphatic heterocycles. The molecule has 0 radical (unpaired) electrons. The lowest BCUT2D eigenvalue weighted by Crippen LogP contribution is -2.13. The van der Waals surface area contributed by atoms with Gasteiger partial charge >= 0.3 is 6.18 Å². The summed E-state index contributed by atoms with van der Waals surface area (Å²) >= 11 is 0. The molecule has 1 atom stereocenters. The fourth-order valence-electron chi connectivity index (χ4n) is 2.91. The standard InChI is InChI=1S/C18H28F3N/c1-3-5-7-9-11-15(10-8-6-4-2)16-12-13-22-14-17(16)18(19,20)21/h12-15H,3-11H2,1-2H3. The van der Waals surface area contributed by atoms with Gasteiger partial charge in [-0.25, -0.2) is 0 Å². The molecule has 1 aromatic rings. The predicted molar refractivity (Wildman–Crippen MR) is 84.9 cm³/mol. The maximum Gasteiger partial charge on any atom is 0.418 e. The molecular formula is C18H28F3N. The Hall–Kier alpha value is -1.06. The third-order valence-corrected chi connectivity index (χ3v) is 4.16. The van der Waals surface area contributed by atoms with Crippen LogP contribution >= 0.6 is 0 Å². The zero-order chi connectivity index (χ0) is 16.4. The zero-order valence-electron chi connectivity index (χ0n) is 13.8. The van der Waals surface area contributed by atoms with Crippen molar-refractivity contribution in [3.63, 3.8) is 0 Å². The van der Waals surface area contributed by atoms with Crippen molar-refractivity contribution in [3.05, 3.63) is 29.6 Å². The molecule has 0 saturated carbocycles. The zero-order valence-corrected chi connectivity index (χ0v) is 13.8. The van der Waals surface area contributed by atoms with Gasteiger partial charge in [0.2, 0.25) is 0 Å². The Morgan fingerprint density at radius 3 is 2.14 bits per heavy atom. The van der Waals surface area contributed by atoms with Gasteiger partial charge in [0.1, 0.15) is 0 Å². The van der Waals surface area contributed by atoms with Crippen LogP contribution in [0, 0.1) is 0 Å². The number of unbranched alkanes of at least 4 members (excludes halogenated alkanes) is 5. The molecule has 1 nitrogen and oxygen atoms in total. The minimum atomic E-state index is -4.31. The highest BCUT2D eigenvalue weighted by Gasteiger charge is 2.35. The van der Waals surface area contributed by atoms with E-state index in [4.69, 9.17) is 0 Å². The first kappa shape index (κ1) is 19.0. The topological polar surface area (TPSA) is 12.9 Å². The molecule has 1 unspecified atom stereocenters. The van der Waals surface area contributed by atoms with Gasteiger partial charge in [0.25, 0.3) is 0 Å². The number of hydrogen-bond donors (Lipinski definition) is 0. The first-order valence-electron chi connectivity index (χ1n) is 8.51. The van der Waals surface area contributed by atoms with Crippen LogP contribution in [0.5, 0.6) is 0 Å².